The predicted molar refractivity (Wildman–Crippen MR) is 149 cm³/mol. The molecule has 0 aliphatic carbocycles. The van der Waals surface area contributed by atoms with Gasteiger partial charge in [0.2, 0.25) is 0 Å². The Bertz CT molecular complexity index is 1380. The van der Waals surface area contributed by atoms with Crippen LogP contribution < -0.4 is 9.47 Å². The Balaban J connectivity index is 1.56. The Morgan fingerprint density at radius 2 is 1.83 bits per heavy atom. The minimum Gasteiger partial charge on any atom is -0.490 e. The molecule has 3 aromatic rings. The number of amides is 2. The molecular weight excluding hydrogens is 587 g/mol. The summed E-state index contributed by atoms with van der Waals surface area (Å²) in [6, 6.07) is 20.9. The number of carbonyl (C=O) groups is 2. The van der Waals surface area contributed by atoms with Crippen molar-refractivity contribution in [2.75, 3.05) is 6.61 Å². The third-order valence-electron chi connectivity index (χ3n) is 5.47. The van der Waals surface area contributed by atoms with Crippen molar-refractivity contribution in [3.8, 4) is 17.6 Å². The first-order valence-corrected chi connectivity index (χ1v) is 13.2. The number of benzene rings is 3. The van der Waals surface area contributed by atoms with Gasteiger partial charge in [-0.15, -0.1) is 0 Å². The van der Waals surface area contributed by atoms with Gasteiger partial charge < -0.3 is 9.47 Å². The molecule has 2 amide bonds. The van der Waals surface area contributed by atoms with Crippen molar-refractivity contribution in [1.29, 1.82) is 5.26 Å². The number of carbonyl (C=O) groups excluding carboxylic acids is 2. The van der Waals surface area contributed by atoms with Crippen molar-refractivity contribution in [2.24, 2.45) is 0 Å². The highest BCUT2D eigenvalue weighted by Crippen LogP contribution is 2.38. The van der Waals surface area contributed by atoms with E-state index in [0.29, 0.717) is 40.7 Å². The molecule has 1 aliphatic rings. The van der Waals surface area contributed by atoms with E-state index in [1.807, 2.05) is 50.2 Å². The van der Waals surface area contributed by atoms with Gasteiger partial charge in [0.25, 0.3) is 11.1 Å². The highest BCUT2D eigenvalue weighted by Gasteiger charge is 2.35. The molecule has 0 atom stereocenters. The summed E-state index contributed by atoms with van der Waals surface area (Å²) in [5.74, 6) is 0.826. The van der Waals surface area contributed by atoms with Crippen molar-refractivity contribution in [3.05, 3.63) is 97.0 Å². The fourth-order valence-electron chi connectivity index (χ4n) is 3.64. The number of rotatable bonds is 8. The molecule has 0 N–H and O–H groups in total. The van der Waals surface area contributed by atoms with Gasteiger partial charge in [-0.3, -0.25) is 14.5 Å². The summed E-state index contributed by atoms with van der Waals surface area (Å²) in [7, 11) is 0. The third-order valence-corrected chi connectivity index (χ3v) is 7.18. The molecule has 1 fully saturated rings. The van der Waals surface area contributed by atoms with Gasteiger partial charge in [-0.25, -0.2) is 0 Å². The quantitative estimate of drug-likeness (QED) is 0.209. The van der Waals surface area contributed by atoms with Crippen molar-refractivity contribution >= 4 is 51.6 Å². The maximum atomic E-state index is 13.0. The molecule has 182 valence electrons. The molecular formula is C28H23IN2O4S. The number of hydrogen-bond acceptors (Lipinski definition) is 6. The Kier molecular flexibility index (Phi) is 8.33. The van der Waals surface area contributed by atoms with Crippen LogP contribution in [0.3, 0.4) is 0 Å². The lowest BCUT2D eigenvalue weighted by atomic mass is 10.1. The lowest BCUT2D eigenvalue weighted by Gasteiger charge is -2.15. The number of nitrogens with zero attached hydrogens (tertiary/aromatic N) is 2. The van der Waals surface area contributed by atoms with Crippen LogP contribution in [0.2, 0.25) is 0 Å². The van der Waals surface area contributed by atoms with Gasteiger partial charge in [0, 0.05) is 0 Å². The van der Waals surface area contributed by atoms with Gasteiger partial charge in [0.05, 0.1) is 33.3 Å². The summed E-state index contributed by atoms with van der Waals surface area (Å²) in [5, 5.41) is 8.96. The number of ether oxygens (including phenoxy) is 2. The number of halogens is 1. The van der Waals surface area contributed by atoms with Gasteiger partial charge in [-0.1, -0.05) is 48.0 Å². The normalized spacial score (nSPS) is 14.3. The maximum Gasteiger partial charge on any atom is 0.293 e. The maximum absolute atomic E-state index is 13.0. The second-order valence-corrected chi connectivity index (χ2v) is 10.2. The van der Waals surface area contributed by atoms with E-state index in [-0.39, 0.29) is 17.7 Å². The predicted octanol–water partition coefficient (Wildman–Crippen LogP) is 6.69. The summed E-state index contributed by atoms with van der Waals surface area (Å²) < 4.78 is 12.8. The van der Waals surface area contributed by atoms with Crippen molar-refractivity contribution in [3.63, 3.8) is 0 Å². The smallest absolute Gasteiger partial charge is 0.293 e. The minimum absolute atomic E-state index is 0.0548. The zero-order valence-corrected chi connectivity index (χ0v) is 22.8. The van der Waals surface area contributed by atoms with E-state index in [1.54, 1.807) is 30.3 Å². The van der Waals surface area contributed by atoms with Crippen LogP contribution in [0.1, 0.15) is 34.7 Å². The Morgan fingerprint density at radius 3 is 2.56 bits per heavy atom. The van der Waals surface area contributed by atoms with E-state index >= 15 is 0 Å². The summed E-state index contributed by atoms with van der Waals surface area (Å²) in [6.45, 7) is 4.85. The molecule has 0 bridgehead atoms. The monoisotopic (exact) mass is 610 g/mol. The Labute approximate surface area is 228 Å². The van der Waals surface area contributed by atoms with Gasteiger partial charge in [0.1, 0.15) is 6.61 Å². The summed E-state index contributed by atoms with van der Waals surface area (Å²) in [4.78, 5) is 27.2. The zero-order chi connectivity index (χ0) is 25.7. The Hall–Kier alpha value is -3.29. The number of thioether (sulfide) groups is 1. The molecule has 1 aliphatic heterocycles. The molecule has 0 aromatic heterocycles. The zero-order valence-electron chi connectivity index (χ0n) is 19.8. The number of aryl methyl sites for hydroxylation is 1. The van der Waals surface area contributed by atoms with Crippen LogP contribution in [0.15, 0.2) is 65.6 Å². The molecule has 1 heterocycles. The van der Waals surface area contributed by atoms with Crippen LogP contribution in [-0.4, -0.2) is 22.7 Å². The first-order chi connectivity index (χ1) is 17.4. The molecule has 4 rings (SSSR count). The fourth-order valence-corrected chi connectivity index (χ4v) is 5.26. The van der Waals surface area contributed by atoms with E-state index < -0.39 is 0 Å². The number of nitriles is 1. The van der Waals surface area contributed by atoms with E-state index in [0.717, 1.165) is 26.5 Å². The minimum atomic E-state index is -0.384. The SMILES string of the molecule is CCOc1cc(/C=C2/SC(=O)N(Cc3ccccc3C#N)C2=O)cc(I)c1OCc1ccc(C)cc1. The lowest BCUT2D eigenvalue weighted by Crippen LogP contribution is -2.27. The van der Waals surface area contributed by atoms with Gasteiger partial charge in [-0.05, 0) is 89.2 Å². The number of hydrogen-bond donors (Lipinski definition) is 0. The number of imide groups is 1. The van der Waals surface area contributed by atoms with E-state index in [9.17, 15) is 14.9 Å². The van der Waals surface area contributed by atoms with E-state index in [4.69, 9.17) is 9.47 Å². The first kappa shape index (κ1) is 25.8. The molecule has 6 nitrogen and oxygen atoms in total. The van der Waals surface area contributed by atoms with Crippen molar-refractivity contribution < 1.29 is 19.1 Å². The van der Waals surface area contributed by atoms with Crippen LogP contribution >= 0.6 is 34.4 Å². The largest absolute Gasteiger partial charge is 0.490 e. The molecule has 0 saturated carbocycles. The molecule has 36 heavy (non-hydrogen) atoms. The highest BCUT2D eigenvalue weighted by atomic mass is 127. The van der Waals surface area contributed by atoms with Crippen molar-refractivity contribution in [1.82, 2.24) is 4.90 Å². The molecule has 0 radical (unpaired) electrons. The third kappa shape index (κ3) is 5.91. The van der Waals surface area contributed by atoms with Crippen molar-refractivity contribution in [2.45, 2.75) is 27.0 Å². The van der Waals surface area contributed by atoms with Gasteiger partial charge >= 0.3 is 0 Å². The summed E-state index contributed by atoms with van der Waals surface area (Å²) >= 11 is 3.08. The highest BCUT2D eigenvalue weighted by molar-refractivity contribution is 14.1. The summed E-state index contributed by atoms with van der Waals surface area (Å²) in [6.07, 6.45) is 1.69. The van der Waals surface area contributed by atoms with Gasteiger partial charge in [0.15, 0.2) is 11.5 Å². The van der Waals surface area contributed by atoms with E-state index in [1.165, 1.54) is 10.5 Å². The van der Waals surface area contributed by atoms with Crippen LogP contribution in [0, 0.1) is 21.8 Å². The first-order valence-electron chi connectivity index (χ1n) is 11.3. The molecule has 0 unspecified atom stereocenters. The molecule has 0 spiro atoms. The standard InChI is InChI=1S/C28H23IN2O4S/c1-3-34-24-13-20(12-23(29)26(24)35-17-19-10-8-18(2)9-11-19)14-25-27(32)31(28(33)36-25)16-22-7-5-4-6-21(22)15-30/h4-14H,3,16-17H2,1-2H3/b25-14+. The summed E-state index contributed by atoms with van der Waals surface area (Å²) in [5.41, 5.74) is 4.04. The van der Waals surface area contributed by atoms with Crippen LogP contribution in [0.5, 0.6) is 11.5 Å². The topological polar surface area (TPSA) is 79.6 Å². The van der Waals surface area contributed by atoms with Crippen LogP contribution in [-0.2, 0) is 17.9 Å². The molecule has 8 heteroatoms. The van der Waals surface area contributed by atoms with Crippen LogP contribution in [0.25, 0.3) is 6.08 Å². The average molecular weight is 610 g/mol. The van der Waals surface area contributed by atoms with Crippen LogP contribution in [0.4, 0.5) is 4.79 Å². The van der Waals surface area contributed by atoms with E-state index in [2.05, 4.69) is 28.7 Å². The lowest BCUT2D eigenvalue weighted by molar-refractivity contribution is -0.123. The second-order valence-electron chi connectivity index (χ2n) is 8.07. The van der Waals surface area contributed by atoms with Gasteiger partial charge in [-0.2, -0.15) is 5.26 Å². The fraction of sp³-hybridized carbons (Fsp3) is 0.179. The second kappa shape index (κ2) is 11.6. The molecule has 1 saturated heterocycles. The molecule has 3 aromatic carbocycles. The average Bonchev–Trinajstić information content (AvgIpc) is 3.12. The Morgan fingerprint density at radius 1 is 1.08 bits per heavy atom.